The fourth-order valence-electron chi connectivity index (χ4n) is 3.88. The van der Waals surface area contributed by atoms with Gasteiger partial charge in [-0.15, -0.1) is 5.10 Å². The van der Waals surface area contributed by atoms with Crippen LogP contribution in [0.5, 0.6) is 0 Å². The van der Waals surface area contributed by atoms with Crippen molar-refractivity contribution in [3.05, 3.63) is 41.7 Å². The largest absolute Gasteiger partial charge is 0.354 e. The van der Waals surface area contributed by atoms with Gasteiger partial charge in [0, 0.05) is 25.9 Å². The number of anilines is 1. The predicted molar refractivity (Wildman–Crippen MR) is 99.5 cm³/mol. The lowest BCUT2D eigenvalue weighted by atomic mass is 10.0. The number of hydrogen-bond donors (Lipinski definition) is 0. The van der Waals surface area contributed by atoms with Gasteiger partial charge in [-0.25, -0.2) is 14.6 Å². The number of rotatable bonds is 3. The molecule has 3 aromatic rings. The minimum Gasteiger partial charge on any atom is -0.354 e. The van der Waals surface area contributed by atoms with Crippen LogP contribution in [0.15, 0.2) is 30.3 Å². The average molecular weight is 366 g/mol. The molecule has 0 amide bonds. The van der Waals surface area contributed by atoms with Crippen LogP contribution in [0.4, 0.5) is 5.82 Å². The zero-order valence-electron chi connectivity index (χ0n) is 15.3. The average Bonchev–Trinajstić information content (AvgIpc) is 3.31. The van der Waals surface area contributed by atoms with Gasteiger partial charge in [-0.05, 0) is 12.5 Å². The maximum atomic E-state index is 5.83. The summed E-state index contributed by atoms with van der Waals surface area (Å²) in [6, 6.07) is 10.2. The molecule has 8 nitrogen and oxygen atoms in total. The Balaban J connectivity index is 1.45. The molecule has 1 aromatic carbocycles. The second-order valence-corrected chi connectivity index (χ2v) is 7.09. The molecular formula is C19H22N6O2. The van der Waals surface area contributed by atoms with E-state index >= 15 is 0 Å². The summed E-state index contributed by atoms with van der Waals surface area (Å²) < 4.78 is 13.5. The summed E-state index contributed by atoms with van der Waals surface area (Å²) in [5.74, 6) is 1.18. The van der Waals surface area contributed by atoms with Crippen LogP contribution < -0.4 is 4.90 Å². The lowest BCUT2D eigenvalue weighted by molar-refractivity contribution is -0.169. The van der Waals surface area contributed by atoms with Gasteiger partial charge in [0.1, 0.15) is 5.82 Å². The van der Waals surface area contributed by atoms with E-state index < -0.39 is 5.79 Å². The van der Waals surface area contributed by atoms with Gasteiger partial charge in [0.2, 0.25) is 0 Å². The number of nitrogens with zero attached hydrogens (tertiary/aromatic N) is 6. The molecule has 0 saturated carbocycles. The molecule has 2 saturated heterocycles. The van der Waals surface area contributed by atoms with Crippen molar-refractivity contribution in [1.82, 2.24) is 25.0 Å². The monoisotopic (exact) mass is 366 g/mol. The molecule has 2 aromatic heterocycles. The normalized spacial score (nSPS) is 19.2. The van der Waals surface area contributed by atoms with Gasteiger partial charge >= 0.3 is 0 Å². The number of fused-ring (bicyclic) bond motifs is 1. The smallest absolute Gasteiger partial charge is 0.184 e. The van der Waals surface area contributed by atoms with Gasteiger partial charge in [0.15, 0.2) is 22.8 Å². The number of ether oxygens (including phenoxy) is 2. The maximum Gasteiger partial charge on any atom is 0.184 e. The molecule has 2 fully saturated rings. The van der Waals surface area contributed by atoms with Crippen LogP contribution in [0.2, 0.25) is 0 Å². The molecule has 4 heterocycles. The Labute approximate surface area is 157 Å². The zero-order chi connectivity index (χ0) is 18.3. The molecule has 0 unspecified atom stereocenters. The molecule has 0 atom stereocenters. The van der Waals surface area contributed by atoms with Crippen molar-refractivity contribution < 1.29 is 9.47 Å². The Morgan fingerprint density at radius 1 is 1.04 bits per heavy atom. The van der Waals surface area contributed by atoms with E-state index in [9.17, 15) is 0 Å². The van der Waals surface area contributed by atoms with Gasteiger partial charge in [-0.1, -0.05) is 35.5 Å². The van der Waals surface area contributed by atoms with Crippen molar-refractivity contribution in [3.8, 4) is 0 Å². The third kappa shape index (κ3) is 3.04. The molecular weight excluding hydrogens is 344 g/mol. The molecule has 140 valence electrons. The first-order valence-electron chi connectivity index (χ1n) is 9.37. The molecule has 8 heteroatoms. The Bertz CT molecular complexity index is 941. The summed E-state index contributed by atoms with van der Waals surface area (Å²) in [5.41, 5.74) is 2.69. The standard InChI is InChI=1S/C19H22N6O2/c1-14-20-17(24-9-7-19(8-10-24)26-11-12-27-19)16-18(21-14)25(23-22-16)13-15-5-3-2-4-6-15/h2-6H,7-13H2,1H3. The lowest BCUT2D eigenvalue weighted by Crippen LogP contribution is -2.45. The van der Waals surface area contributed by atoms with Gasteiger partial charge in [0.25, 0.3) is 0 Å². The van der Waals surface area contributed by atoms with E-state index in [0.717, 1.165) is 54.3 Å². The number of benzene rings is 1. The Morgan fingerprint density at radius 2 is 1.78 bits per heavy atom. The molecule has 2 aliphatic heterocycles. The van der Waals surface area contributed by atoms with Crippen molar-refractivity contribution in [1.29, 1.82) is 0 Å². The molecule has 0 N–H and O–H groups in total. The fourth-order valence-corrected chi connectivity index (χ4v) is 3.88. The highest BCUT2D eigenvalue weighted by Crippen LogP contribution is 2.34. The second kappa shape index (κ2) is 6.54. The van der Waals surface area contributed by atoms with Crippen molar-refractivity contribution in [3.63, 3.8) is 0 Å². The van der Waals surface area contributed by atoms with Crippen LogP contribution in [0, 0.1) is 6.92 Å². The van der Waals surface area contributed by atoms with Gasteiger partial charge in [-0.3, -0.25) is 0 Å². The van der Waals surface area contributed by atoms with Crippen LogP contribution in [-0.4, -0.2) is 57.1 Å². The molecule has 0 bridgehead atoms. The van der Waals surface area contributed by atoms with E-state index in [1.165, 1.54) is 0 Å². The van der Waals surface area contributed by atoms with Crippen molar-refractivity contribution >= 4 is 17.0 Å². The first-order valence-corrected chi connectivity index (χ1v) is 9.37. The molecule has 5 rings (SSSR count). The second-order valence-electron chi connectivity index (χ2n) is 7.09. The van der Waals surface area contributed by atoms with Gasteiger partial charge < -0.3 is 14.4 Å². The minimum atomic E-state index is -0.400. The van der Waals surface area contributed by atoms with E-state index in [1.807, 2.05) is 29.8 Å². The summed E-state index contributed by atoms with van der Waals surface area (Å²) >= 11 is 0. The van der Waals surface area contributed by atoms with E-state index in [0.29, 0.717) is 19.8 Å². The van der Waals surface area contributed by atoms with Crippen LogP contribution >= 0.6 is 0 Å². The van der Waals surface area contributed by atoms with Crippen molar-refractivity contribution in [2.45, 2.75) is 32.1 Å². The molecule has 1 spiro atoms. The van der Waals surface area contributed by atoms with Crippen molar-refractivity contribution in [2.75, 3.05) is 31.2 Å². The number of aromatic nitrogens is 5. The molecule has 0 radical (unpaired) electrons. The summed E-state index contributed by atoms with van der Waals surface area (Å²) in [7, 11) is 0. The first-order chi connectivity index (χ1) is 13.2. The van der Waals surface area contributed by atoms with Crippen LogP contribution in [0.3, 0.4) is 0 Å². The third-order valence-electron chi connectivity index (χ3n) is 5.27. The number of aryl methyl sites for hydroxylation is 1. The third-order valence-corrected chi connectivity index (χ3v) is 5.27. The Morgan fingerprint density at radius 3 is 2.52 bits per heavy atom. The van der Waals surface area contributed by atoms with E-state index in [2.05, 4.69) is 37.3 Å². The SMILES string of the molecule is Cc1nc(N2CCC3(CC2)OCCO3)c2nnn(Cc3ccccc3)c2n1. The topological polar surface area (TPSA) is 78.2 Å². The fraction of sp³-hybridized carbons (Fsp3) is 0.474. The number of hydrogen-bond acceptors (Lipinski definition) is 7. The Kier molecular flexibility index (Phi) is 4.02. The summed E-state index contributed by atoms with van der Waals surface area (Å²) in [5, 5.41) is 8.75. The van der Waals surface area contributed by atoms with Gasteiger partial charge in [-0.2, -0.15) is 0 Å². The maximum absolute atomic E-state index is 5.83. The molecule has 0 aliphatic carbocycles. The first kappa shape index (κ1) is 16.6. The van der Waals surface area contributed by atoms with E-state index in [4.69, 9.17) is 9.47 Å². The van der Waals surface area contributed by atoms with E-state index in [-0.39, 0.29) is 0 Å². The van der Waals surface area contributed by atoms with Crippen LogP contribution in [0.1, 0.15) is 24.2 Å². The van der Waals surface area contributed by atoms with Gasteiger partial charge in [0.05, 0.1) is 19.8 Å². The lowest BCUT2D eigenvalue weighted by Gasteiger charge is -2.38. The highest BCUT2D eigenvalue weighted by Gasteiger charge is 2.40. The van der Waals surface area contributed by atoms with Crippen molar-refractivity contribution in [2.24, 2.45) is 0 Å². The quantitative estimate of drug-likeness (QED) is 0.701. The van der Waals surface area contributed by atoms with E-state index in [1.54, 1.807) is 0 Å². The van der Waals surface area contributed by atoms with Crippen LogP contribution in [-0.2, 0) is 16.0 Å². The van der Waals surface area contributed by atoms with Crippen LogP contribution in [0.25, 0.3) is 11.2 Å². The zero-order valence-corrected chi connectivity index (χ0v) is 15.3. The summed E-state index contributed by atoms with van der Waals surface area (Å²) in [6.07, 6.45) is 1.66. The summed E-state index contributed by atoms with van der Waals surface area (Å²) in [6.45, 7) is 5.55. The highest BCUT2D eigenvalue weighted by molar-refractivity contribution is 5.83. The molecule has 27 heavy (non-hydrogen) atoms. The molecule has 2 aliphatic rings. The Hall–Kier alpha value is -2.58. The highest BCUT2D eigenvalue weighted by atomic mass is 16.7. The summed E-state index contributed by atoms with van der Waals surface area (Å²) in [4.78, 5) is 11.5. The number of piperidine rings is 1. The minimum absolute atomic E-state index is 0.400. The predicted octanol–water partition coefficient (Wildman–Crippen LogP) is 1.92.